The Morgan fingerprint density at radius 2 is 2.05 bits per heavy atom. The third-order valence-electron chi connectivity index (χ3n) is 2.89. The number of halogens is 2. The lowest BCUT2D eigenvalue weighted by molar-refractivity contribution is -0.387. The first kappa shape index (κ1) is 17.0. The number of amides is 1. The second-order valence-corrected chi connectivity index (χ2v) is 4.71. The molecule has 6 nitrogen and oxygen atoms in total. The Labute approximate surface area is 120 Å². The second-order valence-electron chi connectivity index (χ2n) is 4.71. The second kappa shape index (κ2) is 7.07. The topological polar surface area (TPSA) is 83.7 Å². The lowest BCUT2D eigenvalue weighted by Crippen LogP contribution is -2.38. The Morgan fingerprint density at radius 3 is 2.52 bits per heavy atom. The van der Waals surface area contributed by atoms with Gasteiger partial charge in [-0.15, -0.1) is 0 Å². The molecule has 0 bridgehead atoms. The summed E-state index contributed by atoms with van der Waals surface area (Å²) in [5.41, 5.74) is -1.77. The van der Waals surface area contributed by atoms with Crippen LogP contribution in [0, 0.1) is 21.7 Å². The van der Waals surface area contributed by atoms with E-state index in [4.69, 9.17) is 5.11 Å². The average Bonchev–Trinajstić information content (AvgIpc) is 2.40. The number of carbonyl (C=O) groups is 1. The van der Waals surface area contributed by atoms with E-state index < -0.39 is 33.7 Å². The summed E-state index contributed by atoms with van der Waals surface area (Å²) in [6.45, 7) is 3.31. The number of aliphatic hydroxyl groups excluding tert-OH is 1. The standard InChI is InChI=1S/C13H16F2N2O4/c1-8(2)16(4-3-5-18)13(19)10-6-9(14)7-11(12(10)15)17(20)21/h6-8,18H,3-5H2,1-2H3. The van der Waals surface area contributed by atoms with Gasteiger partial charge in [0, 0.05) is 19.2 Å². The number of aliphatic hydroxyl groups is 1. The average molecular weight is 302 g/mol. The van der Waals surface area contributed by atoms with Crippen LogP contribution in [0.3, 0.4) is 0 Å². The van der Waals surface area contributed by atoms with E-state index in [0.717, 1.165) is 0 Å². The molecule has 8 heteroatoms. The maximum atomic E-state index is 14.0. The summed E-state index contributed by atoms with van der Waals surface area (Å²) < 4.78 is 27.4. The monoisotopic (exact) mass is 302 g/mol. The fraction of sp³-hybridized carbons (Fsp3) is 0.462. The smallest absolute Gasteiger partial charge is 0.308 e. The summed E-state index contributed by atoms with van der Waals surface area (Å²) in [6, 6.07) is 0.740. The Kier molecular flexibility index (Phi) is 5.71. The SMILES string of the molecule is CC(C)N(CCCO)C(=O)c1cc(F)cc([N+](=O)[O-])c1F. The van der Waals surface area contributed by atoms with Crippen LogP contribution in [0.4, 0.5) is 14.5 Å². The zero-order chi connectivity index (χ0) is 16.2. The molecule has 0 unspecified atom stereocenters. The predicted octanol–water partition coefficient (Wildman–Crippen LogP) is 2.11. The minimum atomic E-state index is -1.36. The van der Waals surface area contributed by atoms with Crippen LogP contribution in [0.5, 0.6) is 0 Å². The molecular formula is C13H16F2N2O4. The molecule has 1 amide bonds. The third kappa shape index (κ3) is 3.94. The summed E-state index contributed by atoms with van der Waals surface area (Å²) >= 11 is 0. The molecule has 0 atom stereocenters. The number of benzene rings is 1. The number of rotatable bonds is 6. The van der Waals surface area contributed by atoms with Gasteiger partial charge in [-0.1, -0.05) is 0 Å². The minimum Gasteiger partial charge on any atom is -0.396 e. The normalized spacial score (nSPS) is 10.8. The maximum Gasteiger partial charge on any atom is 0.308 e. The molecule has 0 radical (unpaired) electrons. The van der Waals surface area contributed by atoms with Crippen molar-refractivity contribution in [3.8, 4) is 0 Å². The summed E-state index contributed by atoms with van der Waals surface area (Å²) in [4.78, 5) is 23.1. The van der Waals surface area contributed by atoms with E-state index in [1.165, 1.54) is 4.90 Å². The van der Waals surface area contributed by atoms with E-state index in [9.17, 15) is 23.7 Å². The van der Waals surface area contributed by atoms with Gasteiger partial charge < -0.3 is 10.0 Å². The Balaban J connectivity index is 3.24. The van der Waals surface area contributed by atoms with Crippen LogP contribution >= 0.6 is 0 Å². The predicted molar refractivity (Wildman–Crippen MR) is 70.9 cm³/mol. The van der Waals surface area contributed by atoms with Gasteiger partial charge in [0.05, 0.1) is 16.6 Å². The molecular weight excluding hydrogens is 286 g/mol. The van der Waals surface area contributed by atoms with Gasteiger partial charge in [0.15, 0.2) is 0 Å². The van der Waals surface area contributed by atoms with Crippen molar-refractivity contribution in [2.75, 3.05) is 13.2 Å². The number of nitro benzene ring substituents is 1. The van der Waals surface area contributed by atoms with Crippen molar-refractivity contribution in [2.45, 2.75) is 26.3 Å². The molecule has 0 aliphatic rings. The van der Waals surface area contributed by atoms with Gasteiger partial charge >= 0.3 is 5.69 Å². The van der Waals surface area contributed by atoms with E-state index in [1.54, 1.807) is 13.8 Å². The molecule has 1 aromatic rings. The van der Waals surface area contributed by atoms with Crippen molar-refractivity contribution >= 4 is 11.6 Å². The first-order valence-electron chi connectivity index (χ1n) is 6.34. The first-order chi connectivity index (χ1) is 9.79. The highest BCUT2D eigenvalue weighted by molar-refractivity contribution is 5.95. The molecule has 1 N–H and O–H groups in total. The molecule has 21 heavy (non-hydrogen) atoms. The van der Waals surface area contributed by atoms with Crippen LogP contribution in [0.15, 0.2) is 12.1 Å². The van der Waals surface area contributed by atoms with Crippen LogP contribution in [0.25, 0.3) is 0 Å². The molecule has 0 fully saturated rings. The first-order valence-corrected chi connectivity index (χ1v) is 6.34. The van der Waals surface area contributed by atoms with E-state index in [-0.39, 0.29) is 25.6 Å². The number of nitro groups is 1. The summed E-state index contributed by atoms with van der Waals surface area (Å²) in [6.07, 6.45) is 0.267. The van der Waals surface area contributed by atoms with Crippen molar-refractivity contribution in [1.82, 2.24) is 4.90 Å². The molecule has 0 heterocycles. The third-order valence-corrected chi connectivity index (χ3v) is 2.89. The Morgan fingerprint density at radius 1 is 1.43 bits per heavy atom. The van der Waals surface area contributed by atoms with Gasteiger partial charge in [-0.3, -0.25) is 14.9 Å². The van der Waals surface area contributed by atoms with Gasteiger partial charge in [0.2, 0.25) is 5.82 Å². The summed E-state index contributed by atoms with van der Waals surface area (Å²) in [7, 11) is 0. The highest BCUT2D eigenvalue weighted by atomic mass is 19.1. The summed E-state index contributed by atoms with van der Waals surface area (Å²) in [5, 5.41) is 19.5. The molecule has 0 saturated heterocycles. The van der Waals surface area contributed by atoms with E-state index in [1.807, 2.05) is 0 Å². The molecule has 0 aliphatic carbocycles. The summed E-state index contributed by atoms with van der Waals surface area (Å²) in [5.74, 6) is -3.27. The van der Waals surface area contributed by atoms with Gasteiger partial charge in [-0.25, -0.2) is 4.39 Å². The molecule has 1 rings (SSSR count). The van der Waals surface area contributed by atoms with E-state index >= 15 is 0 Å². The lowest BCUT2D eigenvalue weighted by Gasteiger charge is -2.26. The fourth-order valence-electron chi connectivity index (χ4n) is 1.85. The molecule has 116 valence electrons. The number of hydrogen-bond donors (Lipinski definition) is 1. The molecule has 0 spiro atoms. The quantitative estimate of drug-likeness (QED) is 0.644. The van der Waals surface area contributed by atoms with E-state index in [2.05, 4.69) is 0 Å². The molecule has 1 aromatic carbocycles. The molecule has 0 saturated carbocycles. The van der Waals surface area contributed by atoms with Crippen LogP contribution in [-0.4, -0.2) is 40.0 Å². The lowest BCUT2D eigenvalue weighted by atomic mass is 10.1. The maximum absolute atomic E-state index is 14.0. The van der Waals surface area contributed by atoms with Gasteiger partial charge in [-0.2, -0.15) is 4.39 Å². The Bertz CT molecular complexity index is 549. The van der Waals surface area contributed by atoms with Crippen LogP contribution in [0.1, 0.15) is 30.6 Å². The highest BCUT2D eigenvalue weighted by Crippen LogP contribution is 2.24. The van der Waals surface area contributed by atoms with Crippen LogP contribution in [-0.2, 0) is 0 Å². The van der Waals surface area contributed by atoms with Gasteiger partial charge in [-0.05, 0) is 26.3 Å². The van der Waals surface area contributed by atoms with E-state index in [0.29, 0.717) is 12.1 Å². The van der Waals surface area contributed by atoms with Crippen LogP contribution < -0.4 is 0 Å². The minimum absolute atomic E-state index is 0.136. The zero-order valence-corrected chi connectivity index (χ0v) is 11.7. The molecule has 0 aromatic heterocycles. The fourth-order valence-corrected chi connectivity index (χ4v) is 1.85. The van der Waals surface area contributed by atoms with Crippen LogP contribution in [0.2, 0.25) is 0 Å². The van der Waals surface area contributed by atoms with Crippen molar-refractivity contribution in [1.29, 1.82) is 0 Å². The van der Waals surface area contributed by atoms with Crippen molar-refractivity contribution < 1.29 is 23.6 Å². The van der Waals surface area contributed by atoms with Crippen molar-refractivity contribution in [2.24, 2.45) is 0 Å². The molecule has 0 aliphatic heterocycles. The highest BCUT2D eigenvalue weighted by Gasteiger charge is 2.28. The number of nitrogens with zero attached hydrogens (tertiary/aromatic N) is 2. The van der Waals surface area contributed by atoms with Crippen molar-refractivity contribution in [3.05, 3.63) is 39.4 Å². The largest absolute Gasteiger partial charge is 0.396 e. The van der Waals surface area contributed by atoms with Gasteiger partial charge in [0.25, 0.3) is 5.91 Å². The number of carbonyl (C=O) groups excluding carboxylic acids is 1. The van der Waals surface area contributed by atoms with Gasteiger partial charge in [0.1, 0.15) is 5.82 Å². The zero-order valence-electron chi connectivity index (χ0n) is 11.7. The Hall–Kier alpha value is -2.09. The van der Waals surface area contributed by atoms with Crippen molar-refractivity contribution in [3.63, 3.8) is 0 Å². The number of hydrogen-bond acceptors (Lipinski definition) is 4.